The van der Waals surface area contributed by atoms with Crippen LogP contribution in [0.3, 0.4) is 0 Å². The number of guanidine groups is 1. The Morgan fingerprint density at radius 2 is 2.36 bits per heavy atom. The van der Waals surface area contributed by atoms with E-state index in [4.69, 9.17) is 28.9 Å². The van der Waals surface area contributed by atoms with Crippen molar-refractivity contribution in [2.75, 3.05) is 0 Å². The number of aliphatic imine (C=N–C) groups is 1. The molecule has 0 aliphatic carbocycles. The summed E-state index contributed by atoms with van der Waals surface area (Å²) in [4.78, 5) is 14.0. The predicted molar refractivity (Wildman–Crippen MR) is 43.3 cm³/mol. The molecule has 6 heteroatoms. The lowest BCUT2D eigenvalue weighted by Gasteiger charge is -2.15. The van der Waals surface area contributed by atoms with Gasteiger partial charge in [0.25, 0.3) is 0 Å². The number of hydrogen-bond donors (Lipinski definition) is 2. The van der Waals surface area contributed by atoms with Crippen LogP contribution in [0.4, 0.5) is 0 Å². The molecule has 11 heavy (non-hydrogen) atoms. The van der Waals surface area contributed by atoms with Crippen LogP contribution in [0.15, 0.2) is 15.7 Å². The van der Waals surface area contributed by atoms with Crippen molar-refractivity contribution in [2.45, 2.75) is 5.50 Å². The Bertz CT molecular complexity index is 248. The summed E-state index contributed by atoms with van der Waals surface area (Å²) in [6, 6.07) is 0. The molecule has 1 aliphatic rings. The molecule has 0 aromatic heterocycles. The largest absolute Gasteiger partial charge is 0.370 e. The van der Waals surface area contributed by atoms with Crippen LogP contribution < -0.4 is 11.1 Å². The first-order valence-corrected chi connectivity index (χ1v) is 3.56. The highest BCUT2D eigenvalue weighted by molar-refractivity contribution is 6.35. The Morgan fingerprint density at radius 1 is 1.73 bits per heavy atom. The Balaban J connectivity index is 2.93. The Kier molecular flexibility index (Phi) is 2.36. The zero-order valence-electron chi connectivity index (χ0n) is 5.34. The fraction of sp³-hybridized carbons (Fsp3) is 0.200. The summed E-state index contributed by atoms with van der Waals surface area (Å²) in [6.45, 7) is 0. The van der Waals surface area contributed by atoms with Crippen LogP contribution in [-0.4, -0.2) is 17.7 Å². The van der Waals surface area contributed by atoms with Gasteiger partial charge in [-0.05, 0) is 0 Å². The van der Waals surface area contributed by atoms with E-state index in [0.717, 1.165) is 0 Å². The third kappa shape index (κ3) is 1.64. The second-order valence-corrected chi connectivity index (χ2v) is 2.65. The average Bonchev–Trinajstić information content (AvgIpc) is 1.85. The molecule has 1 aliphatic heterocycles. The van der Waals surface area contributed by atoms with E-state index in [9.17, 15) is 4.79 Å². The van der Waals surface area contributed by atoms with Crippen LogP contribution in [0.2, 0.25) is 0 Å². The minimum Gasteiger partial charge on any atom is -0.370 e. The van der Waals surface area contributed by atoms with Crippen LogP contribution in [0.1, 0.15) is 0 Å². The molecule has 60 valence electrons. The molecule has 1 heterocycles. The zero-order chi connectivity index (χ0) is 8.43. The maximum absolute atomic E-state index is 10.3. The van der Waals surface area contributed by atoms with Crippen LogP contribution in [0, 0.1) is 0 Å². The number of aldehydes is 1. The van der Waals surface area contributed by atoms with Crippen molar-refractivity contribution >= 4 is 35.4 Å². The normalized spacial score (nSPS) is 24.2. The summed E-state index contributed by atoms with van der Waals surface area (Å²) < 4.78 is 0. The molecule has 0 fully saturated rings. The van der Waals surface area contributed by atoms with Crippen LogP contribution in [0.25, 0.3) is 0 Å². The molecule has 0 radical (unpaired) electrons. The molecule has 1 unspecified atom stereocenters. The molecule has 3 N–H and O–H groups in total. The molecule has 1 rings (SSSR count). The van der Waals surface area contributed by atoms with Crippen molar-refractivity contribution in [1.82, 2.24) is 5.32 Å². The second-order valence-electron chi connectivity index (χ2n) is 1.86. The fourth-order valence-electron chi connectivity index (χ4n) is 0.621. The average molecular weight is 194 g/mol. The van der Waals surface area contributed by atoms with Gasteiger partial charge in [0.2, 0.25) is 0 Å². The zero-order valence-corrected chi connectivity index (χ0v) is 6.86. The topological polar surface area (TPSA) is 67.5 Å². The van der Waals surface area contributed by atoms with E-state index in [1.54, 1.807) is 0 Å². The van der Waals surface area contributed by atoms with Crippen LogP contribution in [-0.2, 0) is 4.79 Å². The van der Waals surface area contributed by atoms with E-state index in [-0.39, 0.29) is 16.7 Å². The molecular formula is C5H5Cl2N3O. The number of alkyl halides is 1. The van der Waals surface area contributed by atoms with Gasteiger partial charge in [-0.15, -0.1) is 0 Å². The summed E-state index contributed by atoms with van der Waals surface area (Å²) >= 11 is 11.2. The number of nitrogens with two attached hydrogens (primary N) is 1. The van der Waals surface area contributed by atoms with E-state index in [1.807, 2.05) is 0 Å². The van der Waals surface area contributed by atoms with E-state index < -0.39 is 5.50 Å². The molecule has 0 aromatic rings. The molecule has 0 saturated heterocycles. The minimum atomic E-state index is -0.777. The lowest BCUT2D eigenvalue weighted by atomic mass is 10.3. The van der Waals surface area contributed by atoms with Gasteiger partial charge in [0, 0.05) is 0 Å². The molecule has 1 atom stereocenters. The predicted octanol–water partition coefficient (Wildman–Crippen LogP) is 0.118. The molecule has 0 spiro atoms. The van der Waals surface area contributed by atoms with Gasteiger partial charge in [-0.2, -0.15) is 0 Å². The minimum absolute atomic E-state index is 0.112. The summed E-state index contributed by atoms with van der Waals surface area (Å²) in [7, 11) is 0. The first-order chi connectivity index (χ1) is 5.15. The van der Waals surface area contributed by atoms with Crippen molar-refractivity contribution in [2.24, 2.45) is 10.7 Å². The van der Waals surface area contributed by atoms with Gasteiger partial charge in [0.15, 0.2) is 17.7 Å². The Labute approximate surface area is 73.1 Å². The monoisotopic (exact) mass is 193 g/mol. The fourth-order valence-corrected chi connectivity index (χ4v) is 1.19. The highest BCUT2D eigenvalue weighted by Crippen LogP contribution is 2.18. The van der Waals surface area contributed by atoms with Crippen molar-refractivity contribution in [3.05, 3.63) is 10.7 Å². The van der Waals surface area contributed by atoms with E-state index in [0.29, 0.717) is 6.29 Å². The molecular weight excluding hydrogens is 189 g/mol. The Morgan fingerprint density at radius 3 is 2.82 bits per heavy atom. The number of halogens is 2. The Hall–Kier alpha value is -0.740. The first-order valence-electron chi connectivity index (χ1n) is 2.74. The third-order valence-corrected chi connectivity index (χ3v) is 1.77. The van der Waals surface area contributed by atoms with Gasteiger partial charge < -0.3 is 11.1 Å². The number of rotatable bonds is 1. The summed E-state index contributed by atoms with van der Waals surface area (Å²) in [5.41, 5.74) is 4.67. The summed E-state index contributed by atoms with van der Waals surface area (Å²) in [5.74, 6) is 0.112. The van der Waals surface area contributed by atoms with Crippen LogP contribution >= 0.6 is 23.2 Å². The maximum atomic E-state index is 10.3. The third-order valence-electron chi connectivity index (χ3n) is 1.13. The van der Waals surface area contributed by atoms with Gasteiger partial charge in [0.05, 0.1) is 5.57 Å². The second kappa shape index (κ2) is 3.11. The highest BCUT2D eigenvalue weighted by Gasteiger charge is 2.19. The highest BCUT2D eigenvalue weighted by atomic mass is 35.5. The number of carbonyl (C=O) groups excluding carboxylic acids is 1. The maximum Gasteiger partial charge on any atom is 0.195 e. The van der Waals surface area contributed by atoms with Crippen molar-refractivity contribution in [3.63, 3.8) is 0 Å². The van der Waals surface area contributed by atoms with Gasteiger partial charge in [0.1, 0.15) is 5.16 Å². The van der Waals surface area contributed by atoms with Crippen LogP contribution in [0.5, 0.6) is 0 Å². The molecule has 0 amide bonds. The smallest absolute Gasteiger partial charge is 0.195 e. The van der Waals surface area contributed by atoms with Crippen molar-refractivity contribution < 1.29 is 4.79 Å². The van der Waals surface area contributed by atoms with E-state index in [2.05, 4.69) is 10.3 Å². The standard InChI is InChI=1S/C5H5Cl2N3O/c6-3-2(1-11)4(7)10-5(8)9-3/h1,3H,(H3,8,9,10). The van der Waals surface area contributed by atoms with E-state index >= 15 is 0 Å². The molecule has 0 saturated carbocycles. The van der Waals surface area contributed by atoms with Gasteiger partial charge >= 0.3 is 0 Å². The number of nitrogens with one attached hydrogen (secondary N) is 1. The summed E-state index contributed by atoms with van der Waals surface area (Å²) in [6.07, 6.45) is 0.545. The van der Waals surface area contributed by atoms with Gasteiger partial charge in [-0.1, -0.05) is 23.2 Å². The van der Waals surface area contributed by atoms with Gasteiger partial charge in [-0.25, -0.2) is 4.99 Å². The summed E-state index contributed by atoms with van der Waals surface area (Å²) in [5, 5.41) is 2.60. The SMILES string of the molecule is NC1=NC(Cl)C(C=O)=C(Cl)N1. The van der Waals surface area contributed by atoms with Crippen molar-refractivity contribution in [3.8, 4) is 0 Å². The lowest BCUT2D eigenvalue weighted by molar-refractivity contribution is -0.105. The lowest BCUT2D eigenvalue weighted by Crippen LogP contribution is -2.35. The van der Waals surface area contributed by atoms with E-state index in [1.165, 1.54) is 0 Å². The quantitative estimate of drug-likeness (QED) is 0.354. The first kappa shape index (κ1) is 8.36. The molecule has 4 nitrogen and oxygen atoms in total. The number of hydrogen-bond acceptors (Lipinski definition) is 4. The molecule has 0 aromatic carbocycles. The van der Waals surface area contributed by atoms with Gasteiger partial charge in [-0.3, -0.25) is 4.79 Å². The number of nitrogens with zero attached hydrogens (tertiary/aromatic N) is 1. The molecule has 0 bridgehead atoms. The number of carbonyl (C=O) groups is 1. The van der Waals surface area contributed by atoms with Crippen molar-refractivity contribution in [1.29, 1.82) is 0 Å².